The molecule has 0 fully saturated rings. The van der Waals surface area contributed by atoms with Crippen LogP contribution in [-0.4, -0.2) is 0 Å². The van der Waals surface area contributed by atoms with Crippen molar-refractivity contribution in [2.45, 2.75) is 25.7 Å². The van der Waals surface area contributed by atoms with Crippen molar-refractivity contribution in [2.75, 3.05) is 9.80 Å². The Kier molecular flexibility index (Phi) is 8.52. The first-order valence-corrected chi connectivity index (χ1v) is 22.7. The summed E-state index contributed by atoms with van der Waals surface area (Å²) in [5.74, 6) is 0. The van der Waals surface area contributed by atoms with Gasteiger partial charge >= 0.3 is 0 Å². The fourth-order valence-electron chi connectivity index (χ4n) is 11.0. The highest BCUT2D eigenvalue weighted by Gasteiger charge is 2.29. The lowest BCUT2D eigenvalue weighted by Crippen LogP contribution is -2.24. The fourth-order valence-corrected chi connectivity index (χ4v) is 11.0. The van der Waals surface area contributed by atoms with Gasteiger partial charge in [0.1, 0.15) is 0 Å². The third kappa shape index (κ3) is 5.87. The smallest absolute Gasteiger partial charge is 0.0497 e. The highest BCUT2D eigenvalue weighted by atomic mass is 15.2. The van der Waals surface area contributed by atoms with E-state index in [1.165, 1.54) is 116 Å². The second kappa shape index (κ2) is 14.9. The summed E-state index contributed by atoms with van der Waals surface area (Å²) in [5, 5.41) is 7.45. The Bertz CT molecular complexity index is 3510. The zero-order chi connectivity index (χ0) is 42.1. The number of nitrogens with zero attached hydrogens (tertiary/aromatic N) is 2. The molecule has 2 heteroatoms. The lowest BCUT2D eigenvalue weighted by atomic mass is 9.83. The molecule has 13 rings (SSSR count). The molecule has 0 amide bonds. The molecule has 0 atom stereocenters. The Morgan fingerprint density at radius 3 is 1.64 bits per heavy atom. The third-order valence-corrected chi connectivity index (χ3v) is 13.9. The van der Waals surface area contributed by atoms with Crippen LogP contribution in [-0.2, 0) is 12.8 Å². The number of hydrogen-bond acceptors (Lipinski definition) is 2. The molecule has 1 aliphatic carbocycles. The number of rotatable bonds is 5. The van der Waals surface area contributed by atoms with Crippen LogP contribution in [0.1, 0.15) is 29.5 Å². The summed E-state index contributed by atoms with van der Waals surface area (Å²) in [5.41, 5.74) is 20.4. The van der Waals surface area contributed by atoms with Gasteiger partial charge in [0.05, 0.1) is 0 Å². The highest BCUT2D eigenvalue weighted by Crippen LogP contribution is 2.51. The molecule has 0 saturated carbocycles. The summed E-state index contributed by atoms with van der Waals surface area (Å²) in [4.78, 5) is 5.01. The number of para-hydroxylation sites is 3. The number of hydrogen-bond donors (Lipinski definition) is 0. The van der Waals surface area contributed by atoms with Crippen LogP contribution >= 0.6 is 0 Å². The minimum absolute atomic E-state index is 0.920. The van der Waals surface area contributed by atoms with Crippen LogP contribution in [0.3, 0.4) is 0 Å². The standard InChI is InChI=1S/C62H44N2/c1-2-15-41(16-3-1)42-29-31-44(32-30-42)61-53-35-33-50(64-59-27-12-7-20-47(59)38-48-21-8-13-28-60(48)64)40-56(53)62(52-24-14-22-43-17-4-9-23-51(43)52)54-36-34-49(39-55(54)61)63-57-25-10-5-18-45(57)37-46-19-6-11-26-58(46)63/h1-5,7-18,20-36,39-40H,6,19,37-38H2. The van der Waals surface area contributed by atoms with E-state index in [-0.39, 0.29) is 0 Å². The van der Waals surface area contributed by atoms with Gasteiger partial charge in [0.25, 0.3) is 0 Å². The Morgan fingerprint density at radius 1 is 0.359 bits per heavy atom. The van der Waals surface area contributed by atoms with Gasteiger partial charge in [-0.25, -0.2) is 0 Å². The molecule has 0 bridgehead atoms. The van der Waals surface area contributed by atoms with E-state index in [9.17, 15) is 0 Å². The largest absolute Gasteiger partial charge is 0.310 e. The van der Waals surface area contributed by atoms with Crippen LogP contribution in [0, 0.1) is 0 Å². The van der Waals surface area contributed by atoms with Gasteiger partial charge in [-0.05, 0) is 156 Å². The van der Waals surface area contributed by atoms with Gasteiger partial charge in [0.15, 0.2) is 0 Å². The van der Waals surface area contributed by atoms with E-state index in [4.69, 9.17) is 0 Å². The van der Waals surface area contributed by atoms with E-state index in [2.05, 4.69) is 228 Å². The molecule has 0 saturated heterocycles. The summed E-state index contributed by atoms with van der Waals surface area (Å²) in [6, 6.07) is 77.0. The zero-order valence-corrected chi connectivity index (χ0v) is 35.5. The molecular formula is C62H44N2. The summed E-state index contributed by atoms with van der Waals surface area (Å²) in [6.07, 6.45) is 8.82. The Labute approximate surface area is 374 Å². The van der Waals surface area contributed by atoms with Crippen LogP contribution in [0.5, 0.6) is 0 Å². The Morgan fingerprint density at radius 2 is 0.906 bits per heavy atom. The first-order valence-electron chi connectivity index (χ1n) is 22.7. The minimum Gasteiger partial charge on any atom is -0.310 e. The molecule has 3 aliphatic rings. The SMILES string of the molecule is C1=CC2=C(CC1)Cc1ccccc1N2c1ccc2c(-c3cccc4ccccc34)c3cc(N4c5ccccc5Cc5ccccc54)ccc3c(-c3ccc(-c4ccccc4)cc3)c2c1. The molecule has 0 aromatic heterocycles. The van der Waals surface area contributed by atoms with Crippen molar-refractivity contribution in [2.24, 2.45) is 0 Å². The summed E-state index contributed by atoms with van der Waals surface area (Å²) in [6.45, 7) is 0. The molecule has 10 aromatic carbocycles. The first-order chi connectivity index (χ1) is 31.7. The molecule has 2 aliphatic heterocycles. The van der Waals surface area contributed by atoms with Crippen molar-refractivity contribution in [1.82, 2.24) is 0 Å². The molecule has 2 nitrogen and oxygen atoms in total. The molecular weight excluding hydrogens is 773 g/mol. The fraction of sp³-hybridized carbons (Fsp3) is 0.0645. The van der Waals surface area contributed by atoms with Crippen LogP contribution in [0.4, 0.5) is 28.4 Å². The maximum Gasteiger partial charge on any atom is 0.0497 e. The van der Waals surface area contributed by atoms with E-state index in [1.807, 2.05) is 0 Å². The quantitative estimate of drug-likeness (QED) is 0.160. The molecule has 0 spiro atoms. The second-order valence-corrected chi connectivity index (χ2v) is 17.5. The molecule has 0 unspecified atom stereocenters. The Balaban J connectivity index is 1.14. The summed E-state index contributed by atoms with van der Waals surface area (Å²) < 4.78 is 0. The predicted octanol–water partition coefficient (Wildman–Crippen LogP) is 16.8. The van der Waals surface area contributed by atoms with Crippen LogP contribution in [0.2, 0.25) is 0 Å². The van der Waals surface area contributed by atoms with Gasteiger partial charge in [-0.2, -0.15) is 0 Å². The minimum atomic E-state index is 0.920. The van der Waals surface area contributed by atoms with Gasteiger partial charge in [-0.15, -0.1) is 0 Å². The highest BCUT2D eigenvalue weighted by molar-refractivity contribution is 6.24. The normalized spacial score (nSPS) is 14.1. The molecule has 2 heterocycles. The van der Waals surface area contributed by atoms with Gasteiger partial charge in [0, 0.05) is 40.6 Å². The maximum absolute atomic E-state index is 2.53. The van der Waals surface area contributed by atoms with Gasteiger partial charge in [0.2, 0.25) is 0 Å². The average Bonchev–Trinajstić information content (AvgIpc) is 3.36. The van der Waals surface area contributed by atoms with Gasteiger partial charge in [-0.3, -0.25) is 0 Å². The van der Waals surface area contributed by atoms with Crippen molar-refractivity contribution in [3.05, 3.63) is 246 Å². The van der Waals surface area contributed by atoms with E-state index < -0.39 is 0 Å². The first kappa shape index (κ1) is 36.7. The molecule has 302 valence electrons. The van der Waals surface area contributed by atoms with Crippen molar-refractivity contribution in [3.8, 4) is 33.4 Å². The monoisotopic (exact) mass is 816 g/mol. The van der Waals surface area contributed by atoms with E-state index >= 15 is 0 Å². The number of anilines is 5. The van der Waals surface area contributed by atoms with Gasteiger partial charge < -0.3 is 9.80 Å². The predicted molar refractivity (Wildman–Crippen MR) is 270 cm³/mol. The van der Waals surface area contributed by atoms with Crippen molar-refractivity contribution in [1.29, 1.82) is 0 Å². The van der Waals surface area contributed by atoms with Crippen molar-refractivity contribution < 1.29 is 0 Å². The number of allylic oxidation sites excluding steroid dienone is 3. The second-order valence-electron chi connectivity index (χ2n) is 17.5. The molecule has 10 aromatic rings. The topological polar surface area (TPSA) is 6.48 Å². The molecule has 64 heavy (non-hydrogen) atoms. The lowest BCUT2D eigenvalue weighted by molar-refractivity contribution is 0.857. The van der Waals surface area contributed by atoms with E-state index in [0.29, 0.717) is 0 Å². The van der Waals surface area contributed by atoms with E-state index in [1.54, 1.807) is 0 Å². The molecule has 0 radical (unpaired) electrons. The third-order valence-electron chi connectivity index (χ3n) is 13.9. The maximum atomic E-state index is 2.53. The summed E-state index contributed by atoms with van der Waals surface area (Å²) in [7, 11) is 0. The Hall–Kier alpha value is -7.94. The number of benzene rings is 10. The summed E-state index contributed by atoms with van der Waals surface area (Å²) >= 11 is 0. The van der Waals surface area contributed by atoms with E-state index in [0.717, 1.165) is 31.4 Å². The average molecular weight is 817 g/mol. The molecule has 0 N–H and O–H groups in total. The lowest BCUT2D eigenvalue weighted by Gasteiger charge is -2.36. The van der Waals surface area contributed by atoms with Crippen LogP contribution < -0.4 is 9.80 Å². The van der Waals surface area contributed by atoms with Crippen LogP contribution in [0.15, 0.2) is 230 Å². The van der Waals surface area contributed by atoms with Gasteiger partial charge in [-0.1, -0.05) is 170 Å². The van der Waals surface area contributed by atoms with Crippen molar-refractivity contribution >= 4 is 60.8 Å². The number of fused-ring (bicyclic) bond motifs is 6. The van der Waals surface area contributed by atoms with Crippen molar-refractivity contribution in [3.63, 3.8) is 0 Å². The zero-order valence-electron chi connectivity index (χ0n) is 35.5. The van der Waals surface area contributed by atoms with Crippen LogP contribution in [0.25, 0.3) is 65.7 Å².